The van der Waals surface area contributed by atoms with E-state index in [2.05, 4.69) is 5.32 Å². The highest BCUT2D eigenvalue weighted by atomic mass is 32.2. The molecule has 6 nitrogen and oxygen atoms in total. The normalized spacial score (nSPS) is 21.1. The van der Waals surface area contributed by atoms with Gasteiger partial charge in [-0.05, 0) is 25.0 Å². The minimum absolute atomic E-state index is 0.0521. The average molecular weight is 308 g/mol. The first-order valence-corrected chi connectivity index (χ1v) is 8.45. The second-order valence-electron chi connectivity index (χ2n) is 5.36. The molecule has 0 bridgehead atoms. The molecule has 1 N–H and O–H groups in total. The molecule has 1 aliphatic heterocycles. The maximum Gasteiger partial charge on any atom is 0.338 e. The van der Waals surface area contributed by atoms with Crippen molar-refractivity contribution in [1.82, 2.24) is 9.62 Å². The summed E-state index contributed by atoms with van der Waals surface area (Å²) in [6.07, 6.45) is 4.78. The van der Waals surface area contributed by atoms with Crippen LogP contribution < -0.4 is 5.32 Å². The van der Waals surface area contributed by atoms with Crippen LogP contribution in [0.15, 0.2) is 29.2 Å². The molecular formula is C14H16N2O4S. The van der Waals surface area contributed by atoms with Crippen LogP contribution in [0, 0.1) is 0 Å². The van der Waals surface area contributed by atoms with Gasteiger partial charge in [0.15, 0.2) is 0 Å². The number of hydrogen-bond donors (Lipinski definition) is 1. The number of benzene rings is 1. The molecule has 0 aromatic heterocycles. The summed E-state index contributed by atoms with van der Waals surface area (Å²) < 4.78 is 25.0. The number of sulfonamides is 1. The van der Waals surface area contributed by atoms with Crippen molar-refractivity contribution in [3.05, 3.63) is 29.8 Å². The third-order valence-corrected chi connectivity index (χ3v) is 5.66. The number of nitrogens with zero attached hydrogens (tertiary/aromatic N) is 1. The molecule has 7 heteroatoms. The molecule has 0 saturated heterocycles. The Morgan fingerprint density at radius 1 is 1.14 bits per heavy atom. The second-order valence-corrected chi connectivity index (χ2v) is 7.11. The molecule has 1 aliphatic carbocycles. The molecule has 0 atom stereocenters. The molecule has 2 aliphatic rings. The van der Waals surface area contributed by atoms with Crippen molar-refractivity contribution in [3.8, 4) is 0 Å². The van der Waals surface area contributed by atoms with E-state index in [1.165, 1.54) is 18.2 Å². The second kappa shape index (κ2) is 5.14. The highest BCUT2D eigenvalue weighted by molar-refractivity contribution is 7.90. The Morgan fingerprint density at radius 2 is 1.81 bits per heavy atom. The number of urea groups is 1. The van der Waals surface area contributed by atoms with E-state index in [9.17, 15) is 18.0 Å². The molecule has 0 spiro atoms. The van der Waals surface area contributed by atoms with Crippen LogP contribution in [-0.4, -0.2) is 30.7 Å². The van der Waals surface area contributed by atoms with Gasteiger partial charge >= 0.3 is 6.03 Å². The van der Waals surface area contributed by atoms with E-state index in [1.807, 2.05) is 0 Å². The van der Waals surface area contributed by atoms with Crippen LogP contribution in [0.25, 0.3) is 0 Å². The maximum absolute atomic E-state index is 12.3. The Kier molecular flexibility index (Phi) is 3.44. The van der Waals surface area contributed by atoms with E-state index in [4.69, 9.17) is 0 Å². The van der Waals surface area contributed by atoms with Crippen molar-refractivity contribution in [1.29, 1.82) is 0 Å². The van der Waals surface area contributed by atoms with Gasteiger partial charge in [0.25, 0.3) is 15.9 Å². The first kappa shape index (κ1) is 14.1. The number of carbonyl (C=O) groups excluding carboxylic acids is 2. The largest absolute Gasteiger partial charge is 0.338 e. The zero-order chi connectivity index (χ0) is 15.0. The average Bonchev–Trinajstić information content (AvgIpc) is 2.68. The first-order valence-electron chi connectivity index (χ1n) is 7.01. The van der Waals surface area contributed by atoms with Crippen molar-refractivity contribution in [3.63, 3.8) is 0 Å². The summed E-state index contributed by atoms with van der Waals surface area (Å²) in [5, 5.41) is 2.67. The Bertz CT molecular complexity index is 693. The minimum Gasteiger partial charge on any atom is -0.334 e. The van der Waals surface area contributed by atoms with E-state index in [-0.39, 0.29) is 16.5 Å². The molecule has 1 aromatic rings. The van der Waals surface area contributed by atoms with Crippen LogP contribution in [0.3, 0.4) is 0 Å². The Hall–Kier alpha value is -1.89. The van der Waals surface area contributed by atoms with Gasteiger partial charge in [-0.15, -0.1) is 4.31 Å². The fourth-order valence-electron chi connectivity index (χ4n) is 2.87. The van der Waals surface area contributed by atoms with E-state index < -0.39 is 22.0 Å². The minimum atomic E-state index is -4.07. The van der Waals surface area contributed by atoms with E-state index in [1.54, 1.807) is 6.07 Å². The topological polar surface area (TPSA) is 83.6 Å². The third kappa shape index (κ3) is 2.31. The number of fused-ring (bicyclic) bond motifs is 1. The fraction of sp³-hybridized carbons (Fsp3) is 0.429. The van der Waals surface area contributed by atoms with Gasteiger partial charge in [0.1, 0.15) is 4.90 Å². The summed E-state index contributed by atoms with van der Waals surface area (Å²) in [6.45, 7) is 0. The predicted octanol–water partition coefficient (Wildman–Crippen LogP) is 1.87. The Labute approximate surface area is 123 Å². The zero-order valence-corrected chi connectivity index (χ0v) is 12.2. The maximum atomic E-state index is 12.3. The van der Waals surface area contributed by atoms with Gasteiger partial charge in [-0.1, -0.05) is 31.4 Å². The summed E-state index contributed by atoms with van der Waals surface area (Å²) >= 11 is 0. The van der Waals surface area contributed by atoms with Crippen LogP contribution in [-0.2, 0) is 10.0 Å². The lowest BCUT2D eigenvalue weighted by Gasteiger charge is -2.24. The predicted molar refractivity (Wildman–Crippen MR) is 75.2 cm³/mol. The molecule has 1 saturated carbocycles. The first-order chi connectivity index (χ1) is 10.0. The van der Waals surface area contributed by atoms with Crippen molar-refractivity contribution in [2.24, 2.45) is 0 Å². The Balaban J connectivity index is 1.86. The lowest BCUT2D eigenvalue weighted by molar-refractivity contribution is 0.0891. The van der Waals surface area contributed by atoms with Gasteiger partial charge in [-0.3, -0.25) is 4.79 Å². The van der Waals surface area contributed by atoms with Crippen molar-refractivity contribution in [2.45, 2.75) is 43.0 Å². The monoisotopic (exact) mass is 308 g/mol. The van der Waals surface area contributed by atoms with Gasteiger partial charge in [-0.2, -0.15) is 0 Å². The number of amides is 3. The fourth-order valence-corrected chi connectivity index (χ4v) is 4.33. The Morgan fingerprint density at radius 3 is 2.48 bits per heavy atom. The number of carbonyl (C=O) groups is 2. The van der Waals surface area contributed by atoms with Gasteiger partial charge in [-0.25, -0.2) is 13.2 Å². The van der Waals surface area contributed by atoms with Crippen LogP contribution in [0.2, 0.25) is 0 Å². The summed E-state index contributed by atoms with van der Waals surface area (Å²) in [4.78, 5) is 24.3. The van der Waals surface area contributed by atoms with Crippen molar-refractivity contribution >= 4 is 22.0 Å². The van der Waals surface area contributed by atoms with E-state index in [0.29, 0.717) is 4.31 Å². The molecule has 1 heterocycles. The number of hydrogen-bond acceptors (Lipinski definition) is 4. The van der Waals surface area contributed by atoms with Crippen LogP contribution in [0.1, 0.15) is 42.5 Å². The summed E-state index contributed by atoms with van der Waals surface area (Å²) in [7, 11) is -4.07. The molecule has 0 radical (unpaired) electrons. The van der Waals surface area contributed by atoms with E-state index >= 15 is 0 Å². The molecule has 3 rings (SSSR count). The standard InChI is InChI=1S/C14H16N2O4S/c17-13-11-8-4-5-9-12(11)21(19,20)16(13)14(18)15-10-6-2-1-3-7-10/h4-5,8-10H,1-3,6-7H2,(H,15,18). The number of nitrogens with one attached hydrogen (secondary N) is 1. The molecule has 3 amide bonds. The third-order valence-electron chi connectivity index (χ3n) is 3.94. The highest BCUT2D eigenvalue weighted by Gasteiger charge is 2.45. The summed E-state index contributed by atoms with van der Waals surface area (Å²) in [5.74, 6) is -0.779. The SMILES string of the molecule is O=C(NC1CCCCC1)N1C(=O)c2ccccc2S1(=O)=O. The number of rotatable bonds is 1. The van der Waals surface area contributed by atoms with Gasteiger partial charge in [0.05, 0.1) is 5.56 Å². The van der Waals surface area contributed by atoms with Gasteiger partial charge in [0.2, 0.25) is 0 Å². The van der Waals surface area contributed by atoms with Crippen LogP contribution in [0.5, 0.6) is 0 Å². The quantitative estimate of drug-likeness (QED) is 0.858. The zero-order valence-electron chi connectivity index (χ0n) is 11.4. The van der Waals surface area contributed by atoms with Gasteiger partial charge in [0, 0.05) is 6.04 Å². The van der Waals surface area contributed by atoms with Crippen molar-refractivity contribution in [2.75, 3.05) is 0 Å². The lowest BCUT2D eigenvalue weighted by atomic mass is 9.96. The van der Waals surface area contributed by atoms with Crippen LogP contribution in [0.4, 0.5) is 4.79 Å². The summed E-state index contributed by atoms with van der Waals surface area (Å²) in [5.41, 5.74) is 0.0521. The van der Waals surface area contributed by atoms with Gasteiger partial charge < -0.3 is 5.32 Å². The molecular weight excluding hydrogens is 292 g/mol. The van der Waals surface area contributed by atoms with Crippen LogP contribution >= 0.6 is 0 Å². The molecule has 21 heavy (non-hydrogen) atoms. The van der Waals surface area contributed by atoms with Crippen molar-refractivity contribution < 1.29 is 18.0 Å². The van der Waals surface area contributed by atoms with E-state index in [0.717, 1.165) is 32.1 Å². The molecule has 1 fully saturated rings. The molecule has 0 unspecified atom stereocenters. The highest BCUT2D eigenvalue weighted by Crippen LogP contribution is 2.30. The smallest absolute Gasteiger partial charge is 0.334 e. The lowest BCUT2D eigenvalue weighted by Crippen LogP contribution is -2.47. The summed E-state index contributed by atoms with van der Waals surface area (Å²) in [6, 6.07) is 4.97. The molecule has 1 aromatic carbocycles. The number of imide groups is 1. The molecule has 112 valence electrons.